The molecule has 0 unspecified atom stereocenters. The molecule has 2 rings (SSSR count). The lowest BCUT2D eigenvalue weighted by Gasteiger charge is -2.16. The SMILES string of the molecule is CNCCN(C)C(=O)c1sc2cccc(F)c2c1C.Cl. The van der Waals surface area contributed by atoms with Crippen molar-refractivity contribution in [1.29, 1.82) is 0 Å². The monoisotopic (exact) mass is 316 g/mol. The van der Waals surface area contributed by atoms with Crippen molar-refractivity contribution < 1.29 is 9.18 Å². The molecule has 0 atom stereocenters. The van der Waals surface area contributed by atoms with E-state index in [9.17, 15) is 9.18 Å². The van der Waals surface area contributed by atoms with Crippen molar-refractivity contribution in [3.05, 3.63) is 34.5 Å². The quantitative estimate of drug-likeness (QED) is 0.940. The topological polar surface area (TPSA) is 32.3 Å². The molecule has 0 aliphatic rings. The predicted octanol–water partition coefficient (Wildman–Crippen LogP) is 3.06. The fourth-order valence-electron chi connectivity index (χ4n) is 2.01. The number of halogens is 2. The predicted molar refractivity (Wildman–Crippen MR) is 84.7 cm³/mol. The number of nitrogens with zero attached hydrogens (tertiary/aromatic N) is 1. The summed E-state index contributed by atoms with van der Waals surface area (Å²) < 4.78 is 14.6. The second kappa shape index (κ2) is 7.02. The molecule has 0 saturated carbocycles. The van der Waals surface area contributed by atoms with Crippen LogP contribution < -0.4 is 5.32 Å². The molecule has 1 aromatic carbocycles. The van der Waals surface area contributed by atoms with Crippen LogP contribution in [0.25, 0.3) is 10.1 Å². The minimum Gasteiger partial charge on any atom is -0.340 e. The van der Waals surface area contributed by atoms with E-state index in [1.807, 2.05) is 13.1 Å². The summed E-state index contributed by atoms with van der Waals surface area (Å²) >= 11 is 1.36. The fraction of sp³-hybridized carbons (Fsp3) is 0.357. The molecule has 1 N–H and O–H groups in total. The van der Waals surface area contributed by atoms with Crippen molar-refractivity contribution in [3.8, 4) is 0 Å². The smallest absolute Gasteiger partial charge is 0.264 e. The molecule has 1 heterocycles. The summed E-state index contributed by atoms with van der Waals surface area (Å²) in [7, 11) is 3.61. The molecule has 1 amide bonds. The molecule has 3 nitrogen and oxygen atoms in total. The van der Waals surface area contributed by atoms with Gasteiger partial charge in [0.25, 0.3) is 5.91 Å². The molecule has 0 radical (unpaired) electrons. The van der Waals surface area contributed by atoms with Crippen LogP contribution in [0.2, 0.25) is 0 Å². The summed E-state index contributed by atoms with van der Waals surface area (Å²) in [6, 6.07) is 4.95. The molecule has 0 aliphatic carbocycles. The number of carbonyl (C=O) groups is 1. The first-order chi connectivity index (χ1) is 9.06. The van der Waals surface area contributed by atoms with Crippen molar-refractivity contribution >= 4 is 39.7 Å². The normalized spacial score (nSPS) is 10.4. The van der Waals surface area contributed by atoms with E-state index in [2.05, 4.69) is 5.32 Å². The highest BCUT2D eigenvalue weighted by molar-refractivity contribution is 7.21. The average molecular weight is 317 g/mol. The number of rotatable bonds is 4. The highest BCUT2D eigenvalue weighted by Gasteiger charge is 2.20. The van der Waals surface area contributed by atoms with Gasteiger partial charge in [0.1, 0.15) is 5.82 Å². The molecule has 0 spiro atoms. The van der Waals surface area contributed by atoms with Crippen molar-refractivity contribution in [2.24, 2.45) is 0 Å². The van der Waals surface area contributed by atoms with E-state index >= 15 is 0 Å². The Labute approximate surface area is 128 Å². The van der Waals surface area contributed by atoms with Gasteiger partial charge in [-0.25, -0.2) is 4.39 Å². The highest BCUT2D eigenvalue weighted by atomic mass is 35.5. The van der Waals surface area contributed by atoms with Gasteiger partial charge in [0.05, 0.1) is 4.88 Å². The van der Waals surface area contributed by atoms with E-state index in [-0.39, 0.29) is 24.1 Å². The number of hydrogen-bond acceptors (Lipinski definition) is 3. The van der Waals surface area contributed by atoms with Gasteiger partial charge in [0, 0.05) is 30.2 Å². The summed E-state index contributed by atoms with van der Waals surface area (Å²) in [6.45, 7) is 3.17. The molecular formula is C14H18ClFN2OS. The molecule has 110 valence electrons. The number of amides is 1. The van der Waals surface area contributed by atoms with Crippen molar-refractivity contribution in [3.63, 3.8) is 0 Å². The average Bonchev–Trinajstić information content (AvgIpc) is 2.73. The molecule has 0 aliphatic heterocycles. The van der Waals surface area contributed by atoms with Gasteiger partial charge in [-0.05, 0) is 31.7 Å². The second-order valence-corrected chi connectivity index (χ2v) is 5.55. The van der Waals surface area contributed by atoms with Gasteiger partial charge in [0.2, 0.25) is 0 Å². The number of carbonyl (C=O) groups excluding carboxylic acids is 1. The summed E-state index contributed by atoms with van der Waals surface area (Å²) in [5.74, 6) is -0.309. The molecule has 2 aromatic rings. The summed E-state index contributed by atoms with van der Waals surface area (Å²) in [5, 5.41) is 3.57. The van der Waals surface area contributed by atoms with Crippen LogP contribution in [-0.2, 0) is 0 Å². The maximum Gasteiger partial charge on any atom is 0.264 e. The molecule has 6 heteroatoms. The third-order valence-electron chi connectivity index (χ3n) is 3.14. The number of hydrogen-bond donors (Lipinski definition) is 1. The van der Waals surface area contributed by atoms with Gasteiger partial charge in [-0.15, -0.1) is 23.7 Å². The van der Waals surface area contributed by atoms with Gasteiger partial charge >= 0.3 is 0 Å². The summed E-state index contributed by atoms with van der Waals surface area (Å²) in [6.07, 6.45) is 0. The van der Waals surface area contributed by atoms with E-state index in [4.69, 9.17) is 0 Å². The largest absolute Gasteiger partial charge is 0.340 e. The van der Waals surface area contributed by atoms with Crippen molar-refractivity contribution in [2.45, 2.75) is 6.92 Å². The minimum atomic E-state index is -0.261. The lowest BCUT2D eigenvalue weighted by molar-refractivity contribution is 0.0801. The number of aryl methyl sites for hydroxylation is 1. The number of likely N-dealkylation sites (N-methyl/N-ethyl adjacent to an activating group) is 2. The Morgan fingerprint density at radius 2 is 2.15 bits per heavy atom. The maximum absolute atomic E-state index is 13.8. The van der Waals surface area contributed by atoms with Crippen LogP contribution in [-0.4, -0.2) is 38.0 Å². The van der Waals surface area contributed by atoms with E-state index in [0.29, 0.717) is 16.8 Å². The Hall–Kier alpha value is -1.17. The second-order valence-electron chi connectivity index (χ2n) is 4.50. The Balaban J connectivity index is 0.00000200. The lowest BCUT2D eigenvalue weighted by Crippen LogP contribution is -2.32. The lowest BCUT2D eigenvalue weighted by atomic mass is 10.1. The number of benzene rings is 1. The van der Waals surface area contributed by atoms with Gasteiger partial charge in [-0.1, -0.05) is 6.07 Å². The molecule has 0 bridgehead atoms. The van der Waals surface area contributed by atoms with Crippen LogP contribution in [0.15, 0.2) is 18.2 Å². The van der Waals surface area contributed by atoms with Crippen molar-refractivity contribution in [1.82, 2.24) is 10.2 Å². The molecule has 0 saturated heterocycles. The van der Waals surface area contributed by atoms with Gasteiger partial charge in [0.15, 0.2) is 0 Å². The Kier molecular flexibility index (Phi) is 5.92. The number of nitrogens with one attached hydrogen (secondary N) is 1. The Morgan fingerprint density at radius 3 is 2.75 bits per heavy atom. The van der Waals surface area contributed by atoms with Crippen molar-refractivity contribution in [2.75, 3.05) is 27.2 Å². The third-order valence-corrected chi connectivity index (χ3v) is 4.39. The fourth-order valence-corrected chi connectivity index (χ4v) is 3.23. The highest BCUT2D eigenvalue weighted by Crippen LogP contribution is 2.33. The zero-order valence-electron chi connectivity index (χ0n) is 11.7. The molecule has 20 heavy (non-hydrogen) atoms. The van der Waals surface area contributed by atoms with Gasteiger partial charge in [-0.2, -0.15) is 0 Å². The van der Waals surface area contributed by atoms with Gasteiger partial charge in [-0.3, -0.25) is 4.79 Å². The maximum atomic E-state index is 13.8. The first kappa shape index (κ1) is 16.9. The first-order valence-corrected chi connectivity index (χ1v) is 6.95. The van der Waals surface area contributed by atoms with E-state index in [1.165, 1.54) is 17.4 Å². The first-order valence-electron chi connectivity index (χ1n) is 6.14. The standard InChI is InChI=1S/C14H17FN2OS.ClH/c1-9-12-10(15)5-4-6-11(12)19-13(9)14(18)17(3)8-7-16-2;/h4-6,16H,7-8H2,1-3H3;1H. The Morgan fingerprint density at radius 1 is 1.45 bits per heavy atom. The zero-order valence-corrected chi connectivity index (χ0v) is 13.3. The van der Waals surface area contributed by atoms with Gasteiger partial charge < -0.3 is 10.2 Å². The number of thiophene rings is 1. The van der Waals surface area contributed by atoms with E-state index in [0.717, 1.165) is 16.8 Å². The van der Waals surface area contributed by atoms with Crippen LogP contribution in [0.4, 0.5) is 4.39 Å². The molecule has 0 fully saturated rings. The van der Waals surface area contributed by atoms with Crippen LogP contribution in [0.5, 0.6) is 0 Å². The van der Waals surface area contributed by atoms with Crippen LogP contribution >= 0.6 is 23.7 Å². The van der Waals surface area contributed by atoms with Crippen LogP contribution in [0, 0.1) is 12.7 Å². The Bertz CT molecular complexity index is 614. The third kappa shape index (κ3) is 3.11. The van der Waals surface area contributed by atoms with E-state index < -0.39 is 0 Å². The molecule has 1 aromatic heterocycles. The number of fused-ring (bicyclic) bond motifs is 1. The summed E-state index contributed by atoms with van der Waals surface area (Å²) in [5.41, 5.74) is 0.736. The zero-order chi connectivity index (χ0) is 14.0. The summed E-state index contributed by atoms with van der Waals surface area (Å²) in [4.78, 5) is 14.6. The molecular weight excluding hydrogens is 299 g/mol. The van der Waals surface area contributed by atoms with Crippen LogP contribution in [0.1, 0.15) is 15.2 Å². The van der Waals surface area contributed by atoms with E-state index in [1.54, 1.807) is 24.9 Å². The minimum absolute atomic E-state index is 0. The van der Waals surface area contributed by atoms with Crippen LogP contribution in [0.3, 0.4) is 0 Å².